The molecule has 1 aromatic rings. The molecule has 1 nitrogen and oxygen atoms in total. The van der Waals surface area contributed by atoms with Gasteiger partial charge in [-0.15, -0.1) is 0 Å². The van der Waals surface area contributed by atoms with Crippen molar-refractivity contribution in [2.75, 3.05) is 7.05 Å². The number of hydrogen-bond donors (Lipinski definition) is 1. The van der Waals surface area contributed by atoms with Gasteiger partial charge >= 0.3 is 0 Å². The minimum atomic E-state index is -0.181. The number of hydrogen-bond acceptors (Lipinski definition) is 1. The highest BCUT2D eigenvalue weighted by Gasteiger charge is 2.26. The monoisotopic (exact) mass is 297 g/mol. The van der Waals surface area contributed by atoms with Crippen LogP contribution in [0.5, 0.6) is 0 Å². The summed E-state index contributed by atoms with van der Waals surface area (Å²) < 4.78 is 13.9. The van der Waals surface area contributed by atoms with Crippen LogP contribution in [0.1, 0.15) is 44.6 Å². The average molecular weight is 298 g/mol. The summed E-state index contributed by atoms with van der Waals surface area (Å²) in [5, 5.41) is 3.86. The Kier molecular flexibility index (Phi) is 5.86. The zero-order valence-electron chi connectivity index (χ0n) is 12.5. The van der Waals surface area contributed by atoms with Crippen LogP contribution in [0, 0.1) is 17.7 Å². The highest BCUT2D eigenvalue weighted by atomic mass is 35.5. The SMILES string of the molecule is CCC1CCC(C(Cc2ccc(Cl)cc2F)NC)CC1. The van der Waals surface area contributed by atoms with Crippen molar-refractivity contribution < 1.29 is 4.39 Å². The van der Waals surface area contributed by atoms with Crippen LogP contribution in [-0.2, 0) is 6.42 Å². The molecule has 1 saturated carbocycles. The quantitative estimate of drug-likeness (QED) is 0.821. The standard InChI is InChI=1S/C17H25ClFN/c1-3-12-4-6-13(7-5-12)17(20-2)10-14-8-9-15(18)11-16(14)19/h8-9,11-13,17,20H,3-7,10H2,1-2H3. The zero-order chi connectivity index (χ0) is 14.5. The Morgan fingerprint density at radius 1 is 1.30 bits per heavy atom. The van der Waals surface area contributed by atoms with Crippen LogP contribution in [0.25, 0.3) is 0 Å². The van der Waals surface area contributed by atoms with Gasteiger partial charge in [0.15, 0.2) is 0 Å². The number of rotatable bonds is 5. The molecular weight excluding hydrogens is 273 g/mol. The van der Waals surface area contributed by atoms with Crippen LogP contribution in [0.2, 0.25) is 5.02 Å². The van der Waals surface area contributed by atoms with Crippen molar-refractivity contribution in [3.63, 3.8) is 0 Å². The number of nitrogens with one attached hydrogen (secondary N) is 1. The summed E-state index contributed by atoms with van der Waals surface area (Å²) in [4.78, 5) is 0. The third kappa shape index (κ3) is 3.95. The first-order chi connectivity index (χ1) is 9.63. The summed E-state index contributed by atoms with van der Waals surface area (Å²) in [5.41, 5.74) is 0.770. The Labute approximate surface area is 126 Å². The molecule has 2 rings (SSSR count). The van der Waals surface area contributed by atoms with Gasteiger partial charge in [0.25, 0.3) is 0 Å². The van der Waals surface area contributed by atoms with Crippen LogP contribution in [0.4, 0.5) is 4.39 Å². The summed E-state index contributed by atoms with van der Waals surface area (Å²) in [5.74, 6) is 1.38. The van der Waals surface area contributed by atoms with E-state index in [9.17, 15) is 4.39 Å². The van der Waals surface area contributed by atoms with E-state index in [4.69, 9.17) is 11.6 Å². The van der Waals surface area contributed by atoms with Gasteiger partial charge in [0, 0.05) is 11.1 Å². The second-order valence-corrected chi connectivity index (χ2v) is 6.46. The minimum absolute atomic E-state index is 0.181. The summed E-state index contributed by atoms with van der Waals surface area (Å²) >= 11 is 5.81. The molecule has 0 aromatic heterocycles. The van der Waals surface area contributed by atoms with E-state index in [1.807, 2.05) is 13.1 Å². The Bertz CT molecular complexity index is 427. The van der Waals surface area contributed by atoms with Crippen molar-refractivity contribution in [1.82, 2.24) is 5.32 Å². The van der Waals surface area contributed by atoms with E-state index in [0.717, 1.165) is 17.9 Å². The Hall–Kier alpha value is -0.600. The largest absolute Gasteiger partial charge is 0.316 e. The molecule has 0 spiro atoms. The van der Waals surface area contributed by atoms with Crippen molar-refractivity contribution in [2.45, 2.75) is 51.5 Å². The van der Waals surface area contributed by atoms with E-state index in [1.165, 1.54) is 38.2 Å². The second-order valence-electron chi connectivity index (χ2n) is 6.02. The summed E-state index contributed by atoms with van der Waals surface area (Å²) in [6, 6.07) is 5.38. The molecule has 1 fully saturated rings. The first kappa shape index (κ1) is 15.8. The molecule has 0 saturated heterocycles. The maximum Gasteiger partial charge on any atom is 0.127 e. The third-order valence-corrected chi connectivity index (χ3v) is 5.10. The summed E-state index contributed by atoms with van der Waals surface area (Å²) in [7, 11) is 1.99. The molecule has 1 aliphatic carbocycles. The lowest BCUT2D eigenvalue weighted by atomic mass is 9.76. The number of benzene rings is 1. The highest BCUT2D eigenvalue weighted by Crippen LogP contribution is 2.33. The Morgan fingerprint density at radius 3 is 2.55 bits per heavy atom. The van der Waals surface area contributed by atoms with Crippen molar-refractivity contribution in [2.24, 2.45) is 11.8 Å². The maximum absolute atomic E-state index is 13.9. The second kappa shape index (κ2) is 7.42. The van der Waals surface area contributed by atoms with Crippen LogP contribution in [0.15, 0.2) is 18.2 Å². The minimum Gasteiger partial charge on any atom is -0.316 e. The summed E-state index contributed by atoms with van der Waals surface area (Å²) in [6.07, 6.45) is 7.22. The molecule has 1 N–H and O–H groups in total. The van der Waals surface area contributed by atoms with E-state index in [2.05, 4.69) is 12.2 Å². The van der Waals surface area contributed by atoms with E-state index in [0.29, 0.717) is 17.0 Å². The van der Waals surface area contributed by atoms with Gasteiger partial charge in [-0.25, -0.2) is 4.39 Å². The number of likely N-dealkylation sites (N-methyl/N-ethyl adjacent to an activating group) is 1. The van der Waals surface area contributed by atoms with Crippen LogP contribution >= 0.6 is 11.6 Å². The van der Waals surface area contributed by atoms with Gasteiger partial charge in [-0.3, -0.25) is 0 Å². The lowest BCUT2D eigenvalue weighted by Gasteiger charge is -2.33. The van der Waals surface area contributed by atoms with Gasteiger partial charge < -0.3 is 5.32 Å². The third-order valence-electron chi connectivity index (χ3n) is 4.86. The number of halogens is 2. The van der Waals surface area contributed by atoms with Crippen molar-refractivity contribution in [3.8, 4) is 0 Å². The maximum atomic E-state index is 13.9. The molecule has 0 bridgehead atoms. The van der Waals surface area contributed by atoms with Gasteiger partial charge in [-0.1, -0.05) is 43.9 Å². The molecule has 0 aliphatic heterocycles. The van der Waals surface area contributed by atoms with E-state index in [1.54, 1.807) is 6.07 Å². The van der Waals surface area contributed by atoms with E-state index < -0.39 is 0 Å². The van der Waals surface area contributed by atoms with Gasteiger partial charge in [0.05, 0.1) is 0 Å². The topological polar surface area (TPSA) is 12.0 Å². The van der Waals surface area contributed by atoms with Crippen LogP contribution in [0.3, 0.4) is 0 Å². The molecule has 1 unspecified atom stereocenters. The summed E-state index contributed by atoms with van der Waals surface area (Å²) in [6.45, 7) is 2.28. The predicted molar refractivity (Wildman–Crippen MR) is 83.7 cm³/mol. The van der Waals surface area contributed by atoms with Crippen LogP contribution < -0.4 is 5.32 Å². The molecule has 1 atom stereocenters. The Balaban J connectivity index is 1.98. The smallest absolute Gasteiger partial charge is 0.127 e. The predicted octanol–water partition coefficient (Wildman–Crippen LogP) is 4.83. The lowest BCUT2D eigenvalue weighted by Crippen LogP contribution is -2.37. The van der Waals surface area contributed by atoms with E-state index >= 15 is 0 Å². The van der Waals surface area contributed by atoms with E-state index in [-0.39, 0.29) is 5.82 Å². The molecule has 0 amide bonds. The first-order valence-corrected chi connectivity index (χ1v) is 8.13. The van der Waals surface area contributed by atoms with Gasteiger partial charge in [-0.05, 0) is 55.8 Å². The molecule has 20 heavy (non-hydrogen) atoms. The van der Waals surface area contributed by atoms with Crippen molar-refractivity contribution in [1.29, 1.82) is 0 Å². The molecule has 112 valence electrons. The van der Waals surface area contributed by atoms with Gasteiger partial charge in [0.1, 0.15) is 5.82 Å². The Morgan fingerprint density at radius 2 is 2.00 bits per heavy atom. The van der Waals surface area contributed by atoms with Gasteiger partial charge in [-0.2, -0.15) is 0 Å². The van der Waals surface area contributed by atoms with Crippen LogP contribution in [-0.4, -0.2) is 13.1 Å². The zero-order valence-corrected chi connectivity index (χ0v) is 13.2. The van der Waals surface area contributed by atoms with Gasteiger partial charge in [0.2, 0.25) is 0 Å². The lowest BCUT2D eigenvalue weighted by molar-refractivity contribution is 0.221. The first-order valence-electron chi connectivity index (χ1n) is 7.75. The average Bonchev–Trinajstić information content (AvgIpc) is 2.47. The van der Waals surface area contributed by atoms with Crippen molar-refractivity contribution in [3.05, 3.63) is 34.6 Å². The molecule has 0 radical (unpaired) electrons. The normalized spacial score (nSPS) is 24.6. The van der Waals surface area contributed by atoms with Crippen molar-refractivity contribution >= 4 is 11.6 Å². The molecule has 1 aliphatic rings. The molecule has 3 heteroatoms. The highest BCUT2D eigenvalue weighted by molar-refractivity contribution is 6.30. The molecular formula is C17H25ClFN. The molecule has 1 aromatic carbocycles. The fourth-order valence-electron chi connectivity index (χ4n) is 3.43. The fraction of sp³-hybridized carbons (Fsp3) is 0.647. The molecule has 0 heterocycles. The fourth-order valence-corrected chi connectivity index (χ4v) is 3.59.